The van der Waals surface area contributed by atoms with Crippen LogP contribution in [0.4, 0.5) is 0 Å². The normalized spacial score (nSPS) is 13.5. The van der Waals surface area contributed by atoms with Crippen LogP contribution >= 0.6 is 0 Å². The van der Waals surface area contributed by atoms with Crippen molar-refractivity contribution in [1.82, 2.24) is 9.13 Å². The topological polar surface area (TPSA) is 39.3 Å². The van der Waals surface area contributed by atoms with Gasteiger partial charge in [-0.2, -0.15) is 0 Å². The first-order valence-corrected chi connectivity index (χ1v) is 7.08. The Hall–Kier alpha value is -2.36. The molecule has 0 saturated heterocycles. The monoisotopic (exact) mass is 283 g/mol. The third-order valence-corrected chi connectivity index (χ3v) is 3.44. The van der Waals surface area contributed by atoms with E-state index in [9.17, 15) is 4.79 Å². The van der Waals surface area contributed by atoms with Crippen LogP contribution in [-0.2, 0) is 7.05 Å². The molecule has 0 bridgehead atoms. The molecule has 0 aliphatic carbocycles. The standard InChI is InChI=1S/C17H21N3O/c1-5-8-13(2)11-12-16(18-3)20-15-10-7-6-9-14(15)19(4)17(20)21/h6-12H,5H2,1-4H3/b12-11-,13-8-,18-16?. The van der Waals surface area contributed by atoms with E-state index < -0.39 is 0 Å². The highest BCUT2D eigenvalue weighted by Crippen LogP contribution is 2.12. The summed E-state index contributed by atoms with van der Waals surface area (Å²) in [5.41, 5.74) is 2.84. The molecular weight excluding hydrogens is 262 g/mol. The van der Waals surface area contributed by atoms with Gasteiger partial charge in [0, 0.05) is 14.1 Å². The van der Waals surface area contributed by atoms with Crippen molar-refractivity contribution in [3.63, 3.8) is 0 Å². The molecule has 0 spiro atoms. The van der Waals surface area contributed by atoms with Crippen molar-refractivity contribution in [3.8, 4) is 0 Å². The van der Waals surface area contributed by atoms with Gasteiger partial charge in [0.1, 0.15) is 5.84 Å². The summed E-state index contributed by atoms with van der Waals surface area (Å²) in [5.74, 6) is 0.639. The first-order chi connectivity index (χ1) is 10.1. The Balaban J connectivity index is 2.57. The molecule has 0 unspecified atom stereocenters. The summed E-state index contributed by atoms with van der Waals surface area (Å²) in [6.07, 6.45) is 6.99. The first-order valence-electron chi connectivity index (χ1n) is 7.08. The number of aliphatic imine (C=N–C) groups is 1. The summed E-state index contributed by atoms with van der Waals surface area (Å²) in [7, 11) is 3.48. The maximum atomic E-state index is 12.5. The van der Waals surface area contributed by atoms with Crippen LogP contribution in [0.25, 0.3) is 11.0 Å². The molecule has 1 heterocycles. The zero-order valence-corrected chi connectivity index (χ0v) is 13.0. The van der Waals surface area contributed by atoms with Crippen LogP contribution in [0.3, 0.4) is 0 Å². The van der Waals surface area contributed by atoms with Crippen LogP contribution in [-0.4, -0.2) is 22.0 Å². The molecule has 0 N–H and O–H groups in total. The van der Waals surface area contributed by atoms with E-state index >= 15 is 0 Å². The first kappa shape index (κ1) is 15.0. The number of benzene rings is 1. The number of para-hydroxylation sites is 2. The largest absolute Gasteiger partial charge is 0.334 e. The van der Waals surface area contributed by atoms with Gasteiger partial charge in [0.15, 0.2) is 0 Å². The van der Waals surface area contributed by atoms with Crippen LogP contribution in [0.15, 0.2) is 57.9 Å². The number of nitrogens with zero attached hydrogens (tertiary/aromatic N) is 3. The minimum atomic E-state index is -0.0847. The van der Waals surface area contributed by atoms with Gasteiger partial charge in [0.25, 0.3) is 0 Å². The summed E-state index contributed by atoms with van der Waals surface area (Å²) >= 11 is 0. The Bertz CT molecular complexity index is 788. The molecular formula is C17H21N3O. The van der Waals surface area contributed by atoms with Gasteiger partial charge >= 0.3 is 5.69 Å². The van der Waals surface area contributed by atoms with E-state index in [0.717, 1.165) is 23.0 Å². The summed E-state index contributed by atoms with van der Waals surface area (Å²) in [6.45, 7) is 4.14. The molecule has 0 aliphatic heterocycles. The quantitative estimate of drug-likeness (QED) is 0.484. The number of hydrogen-bond donors (Lipinski definition) is 0. The molecule has 0 amide bonds. The molecule has 2 aromatic rings. The predicted molar refractivity (Wildman–Crippen MR) is 89.1 cm³/mol. The number of rotatable bonds is 3. The molecule has 4 heteroatoms. The fourth-order valence-corrected chi connectivity index (χ4v) is 2.36. The van der Waals surface area contributed by atoms with Crippen LogP contribution in [0.2, 0.25) is 0 Å². The minimum Gasteiger partial charge on any atom is -0.295 e. The Labute approximate surface area is 124 Å². The number of allylic oxidation sites excluding steroid dienone is 4. The minimum absolute atomic E-state index is 0.0847. The lowest BCUT2D eigenvalue weighted by Crippen LogP contribution is -2.27. The second kappa shape index (κ2) is 6.39. The average molecular weight is 283 g/mol. The van der Waals surface area contributed by atoms with E-state index in [1.165, 1.54) is 0 Å². The van der Waals surface area contributed by atoms with Gasteiger partial charge < -0.3 is 0 Å². The second-order valence-electron chi connectivity index (χ2n) is 4.94. The van der Waals surface area contributed by atoms with E-state index in [4.69, 9.17) is 0 Å². The summed E-state index contributed by atoms with van der Waals surface area (Å²) in [6, 6.07) is 7.73. The highest BCUT2D eigenvalue weighted by Gasteiger charge is 2.12. The van der Waals surface area contributed by atoms with Crippen molar-refractivity contribution in [2.75, 3.05) is 7.05 Å². The third kappa shape index (κ3) is 2.89. The lowest BCUT2D eigenvalue weighted by molar-refractivity contribution is 0.862. The summed E-state index contributed by atoms with van der Waals surface area (Å²) < 4.78 is 3.29. The van der Waals surface area contributed by atoms with Crippen molar-refractivity contribution in [3.05, 3.63) is 58.6 Å². The highest BCUT2D eigenvalue weighted by atomic mass is 16.1. The zero-order chi connectivity index (χ0) is 15.4. The second-order valence-corrected chi connectivity index (χ2v) is 4.94. The van der Waals surface area contributed by atoms with E-state index in [2.05, 4.69) is 18.0 Å². The van der Waals surface area contributed by atoms with Gasteiger partial charge in [-0.1, -0.05) is 36.8 Å². The van der Waals surface area contributed by atoms with Crippen molar-refractivity contribution in [2.24, 2.45) is 12.0 Å². The van der Waals surface area contributed by atoms with Gasteiger partial charge in [-0.05, 0) is 31.6 Å². The number of fused-ring (bicyclic) bond motifs is 1. The molecule has 110 valence electrons. The number of aromatic nitrogens is 2. The SMILES string of the molecule is CC/C=C(C)\C=C/C(=NC)n1c(=O)n(C)c2ccccc21. The van der Waals surface area contributed by atoms with Gasteiger partial charge in [0.2, 0.25) is 0 Å². The third-order valence-electron chi connectivity index (χ3n) is 3.44. The van der Waals surface area contributed by atoms with E-state index in [1.54, 1.807) is 23.2 Å². The van der Waals surface area contributed by atoms with Gasteiger partial charge in [-0.3, -0.25) is 9.56 Å². The molecule has 21 heavy (non-hydrogen) atoms. The van der Waals surface area contributed by atoms with Crippen LogP contribution in [0.1, 0.15) is 20.3 Å². The molecule has 0 fully saturated rings. The molecule has 0 aliphatic rings. The molecule has 0 atom stereocenters. The molecule has 2 rings (SSSR count). The van der Waals surface area contributed by atoms with Crippen LogP contribution in [0.5, 0.6) is 0 Å². The number of imidazole rings is 1. The van der Waals surface area contributed by atoms with E-state index in [0.29, 0.717) is 5.84 Å². The Kier molecular flexibility index (Phi) is 4.58. The number of aryl methyl sites for hydroxylation is 1. The van der Waals surface area contributed by atoms with E-state index in [-0.39, 0.29) is 5.69 Å². The average Bonchev–Trinajstić information content (AvgIpc) is 2.74. The maximum absolute atomic E-state index is 12.5. The molecule has 1 aromatic heterocycles. The summed E-state index contributed by atoms with van der Waals surface area (Å²) in [4.78, 5) is 16.7. The fraction of sp³-hybridized carbons (Fsp3) is 0.294. The molecule has 1 aromatic carbocycles. The molecule has 0 saturated carbocycles. The number of hydrogen-bond acceptors (Lipinski definition) is 2. The predicted octanol–water partition coefficient (Wildman–Crippen LogP) is 3.13. The maximum Gasteiger partial charge on any atom is 0.334 e. The Morgan fingerprint density at radius 1 is 1.24 bits per heavy atom. The van der Waals surface area contributed by atoms with Crippen LogP contribution in [0, 0.1) is 0 Å². The van der Waals surface area contributed by atoms with Crippen LogP contribution < -0.4 is 5.69 Å². The van der Waals surface area contributed by atoms with Crippen molar-refractivity contribution in [2.45, 2.75) is 20.3 Å². The van der Waals surface area contributed by atoms with Crippen molar-refractivity contribution >= 4 is 16.9 Å². The Morgan fingerprint density at radius 3 is 2.52 bits per heavy atom. The zero-order valence-electron chi connectivity index (χ0n) is 13.0. The van der Waals surface area contributed by atoms with Crippen molar-refractivity contribution < 1.29 is 0 Å². The summed E-state index contributed by atoms with van der Waals surface area (Å²) in [5, 5.41) is 0. The fourth-order valence-electron chi connectivity index (χ4n) is 2.36. The highest BCUT2D eigenvalue weighted by molar-refractivity contribution is 6.00. The van der Waals surface area contributed by atoms with E-state index in [1.807, 2.05) is 43.3 Å². The van der Waals surface area contributed by atoms with Gasteiger partial charge in [0.05, 0.1) is 11.0 Å². The molecule has 4 nitrogen and oxygen atoms in total. The van der Waals surface area contributed by atoms with Crippen molar-refractivity contribution in [1.29, 1.82) is 0 Å². The lowest BCUT2D eigenvalue weighted by Gasteiger charge is -2.02. The molecule has 0 radical (unpaired) electrons. The lowest BCUT2D eigenvalue weighted by atomic mass is 10.2. The smallest absolute Gasteiger partial charge is 0.295 e. The van der Waals surface area contributed by atoms with Gasteiger partial charge in [-0.25, -0.2) is 9.36 Å². The van der Waals surface area contributed by atoms with Gasteiger partial charge in [-0.15, -0.1) is 0 Å². The Morgan fingerprint density at radius 2 is 1.90 bits per heavy atom.